The van der Waals surface area contributed by atoms with Gasteiger partial charge in [-0.15, -0.1) is 24.0 Å². The highest BCUT2D eigenvalue weighted by Gasteiger charge is 2.19. The van der Waals surface area contributed by atoms with Crippen LogP contribution >= 0.6 is 24.0 Å². The van der Waals surface area contributed by atoms with Crippen molar-refractivity contribution in [3.63, 3.8) is 0 Å². The van der Waals surface area contributed by atoms with E-state index in [-0.39, 0.29) is 41.8 Å². The van der Waals surface area contributed by atoms with Crippen molar-refractivity contribution in [1.82, 2.24) is 20.5 Å². The molecule has 1 aromatic rings. The number of hydrogen-bond acceptors (Lipinski definition) is 4. The zero-order valence-corrected chi connectivity index (χ0v) is 18.6. The van der Waals surface area contributed by atoms with E-state index >= 15 is 0 Å². The summed E-state index contributed by atoms with van der Waals surface area (Å²) in [5, 5.41) is 6.32. The van der Waals surface area contributed by atoms with Crippen LogP contribution in [0.2, 0.25) is 0 Å². The van der Waals surface area contributed by atoms with Crippen LogP contribution < -0.4 is 10.6 Å². The Morgan fingerprint density at radius 2 is 1.96 bits per heavy atom. The highest BCUT2D eigenvalue weighted by Crippen LogP contribution is 2.22. The van der Waals surface area contributed by atoms with Crippen molar-refractivity contribution >= 4 is 35.8 Å². The number of rotatable bonds is 5. The fourth-order valence-electron chi connectivity index (χ4n) is 2.63. The smallest absolute Gasteiger partial charge is 0.244 e. The van der Waals surface area contributed by atoms with Crippen molar-refractivity contribution in [2.24, 2.45) is 4.99 Å². The second-order valence-electron chi connectivity index (χ2n) is 7.36. The molecule has 0 radical (unpaired) electrons. The molecule has 2 N–H and O–H groups in total. The number of aromatic nitrogens is 1. The molecule has 26 heavy (non-hydrogen) atoms. The van der Waals surface area contributed by atoms with Gasteiger partial charge in [0.25, 0.3) is 0 Å². The van der Waals surface area contributed by atoms with Crippen LogP contribution in [0.1, 0.15) is 58.6 Å². The van der Waals surface area contributed by atoms with Crippen molar-refractivity contribution < 1.29 is 9.21 Å². The van der Waals surface area contributed by atoms with Gasteiger partial charge < -0.3 is 20.0 Å². The molecule has 8 heteroatoms. The van der Waals surface area contributed by atoms with Crippen molar-refractivity contribution in [3.05, 3.63) is 17.8 Å². The third-order valence-electron chi connectivity index (χ3n) is 4.13. The average Bonchev–Trinajstić information content (AvgIpc) is 3.07. The molecule has 148 valence electrons. The second-order valence-corrected chi connectivity index (χ2v) is 7.36. The standard InChI is InChI=1S/C18H31N5O2.HI/c1-5-19-17(22-13-16(24)23-9-7-6-8-10-23)21-12-15-20-11-14(25-15)18(2,3)4;/h11H,5-10,12-13H2,1-4H3,(H2,19,21,22);1H. The number of aliphatic imine (C=N–C) groups is 1. The zero-order chi connectivity index (χ0) is 18.3. The number of hydrogen-bond donors (Lipinski definition) is 2. The van der Waals surface area contributed by atoms with Gasteiger partial charge in [-0.25, -0.2) is 9.98 Å². The highest BCUT2D eigenvalue weighted by atomic mass is 127. The maximum atomic E-state index is 12.2. The molecule has 1 aliphatic heterocycles. The number of amides is 1. The summed E-state index contributed by atoms with van der Waals surface area (Å²) in [4.78, 5) is 22.8. The van der Waals surface area contributed by atoms with E-state index in [1.54, 1.807) is 6.20 Å². The van der Waals surface area contributed by atoms with Crippen molar-refractivity contribution in [1.29, 1.82) is 0 Å². The highest BCUT2D eigenvalue weighted by molar-refractivity contribution is 14.0. The van der Waals surface area contributed by atoms with E-state index in [9.17, 15) is 4.79 Å². The number of nitrogens with zero attached hydrogens (tertiary/aromatic N) is 3. The van der Waals surface area contributed by atoms with Gasteiger partial charge in [-0.05, 0) is 26.2 Å². The van der Waals surface area contributed by atoms with Gasteiger partial charge in [-0.3, -0.25) is 4.79 Å². The van der Waals surface area contributed by atoms with Crippen LogP contribution in [0.25, 0.3) is 0 Å². The molecule has 0 aliphatic carbocycles. The van der Waals surface area contributed by atoms with E-state index in [2.05, 4.69) is 41.4 Å². The van der Waals surface area contributed by atoms with E-state index < -0.39 is 0 Å². The lowest BCUT2D eigenvalue weighted by Gasteiger charge is -2.26. The number of likely N-dealkylation sites (tertiary alicyclic amines) is 1. The molecule has 0 saturated carbocycles. The maximum absolute atomic E-state index is 12.2. The van der Waals surface area contributed by atoms with Crippen molar-refractivity contribution in [2.75, 3.05) is 26.2 Å². The lowest BCUT2D eigenvalue weighted by Crippen LogP contribution is -2.40. The van der Waals surface area contributed by atoms with Crippen LogP contribution in [0, 0.1) is 0 Å². The summed E-state index contributed by atoms with van der Waals surface area (Å²) >= 11 is 0. The van der Waals surface area contributed by atoms with Gasteiger partial charge in [-0.1, -0.05) is 20.8 Å². The molecule has 0 bridgehead atoms. The fraction of sp³-hybridized carbons (Fsp3) is 0.722. The van der Waals surface area contributed by atoms with Crippen LogP contribution in [0.5, 0.6) is 0 Å². The van der Waals surface area contributed by atoms with Crippen LogP contribution in [0.15, 0.2) is 15.6 Å². The number of guanidine groups is 1. The number of nitrogens with one attached hydrogen (secondary N) is 2. The molecule has 2 rings (SSSR count). The first-order valence-electron chi connectivity index (χ1n) is 9.15. The average molecular weight is 477 g/mol. The topological polar surface area (TPSA) is 82.8 Å². The van der Waals surface area contributed by atoms with E-state index in [1.165, 1.54) is 6.42 Å². The normalized spacial score (nSPS) is 15.4. The van der Waals surface area contributed by atoms with E-state index in [0.29, 0.717) is 18.4 Å². The Labute approximate surface area is 173 Å². The number of halogens is 1. The molecule has 1 aromatic heterocycles. The number of oxazole rings is 1. The molecule has 0 aromatic carbocycles. The van der Waals surface area contributed by atoms with Gasteiger partial charge in [-0.2, -0.15) is 0 Å². The minimum absolute atomic E-state index is 0. The van der Waals surface area contributed by atoms with E-state index in [0.717, 1.165) is 38.2 Å². The summed E-state index contributed by atoms with van der Waals surface area (Å²) in [5.74, 6) is 2.15. The Morgan fingerprint density at radius 1 is 1.27 bits per heavy atom. The van der Waals surface area contributed by atoms with E-state index in [4.69, 9.17) is 4.42 Å². The summed E-state index contributed by atoms with van der Waals surface area (Å²) in [6.07, 6.45) is 5.16. The van der Waals surface area contributed by atoms with Crippen molar-refractivity contribution in [3.8, 4) is 0 Å². The summed E-state index contributed by atoms with van der Waals surface area (Å²) < 4.78 is 5.77. The molecule has 0 unspecified atom stereocenters. The molecule has 0 spiro atoms. The van der Waals surface area contributed by atoms with E-state index in [1.807, 2.05) is 11.8 Å². The monoisotopic (exact) mass is 477 g/mol. The molecule has 1 amide bonds. The lowest BCUT2D eigenvalue weighted by molar-refractivity contribution is -0.130. The predicted octanol–water partition coefficient (Wildman–Crippen LogP) is 2.66. The van der Waals surface area contributed by atoms with Crippen molar-refractivity contribution in [2.45, 2.75) is 58.9 Å². The van der Waals surface area contributed by atoms with Crippen LogP contribution in [0.4, 0.5) is 0 Å². The first kappa shape index (κ1) is 22.7. The summed E-state index contributed by atoms with van der Waals surface area (Å²) in [6, 6.07) is 0. The van der Waals surface area contributed by atoms with Gasteiger partial charge >= 0.3 is 0 Å². The van der Waals surface area contributed by atoms with Gasteiger partial charge in [0.15, 0.2) is 5.96 Å². The molecule has 7 nitrogen and oxygen atoms in total. The van der Waals surface area contributed by atoms with Crippen LogP contribution in [-0.4, -0.2) is 47.9 Å². The lowest BCUT2D eigenvalue weighted by atomic mass is 9.94. The molecular weight excluding hydrogens is 445 g/mol. The summed E-state index contributed by atoms with van der Waals surface area (Å²) in [6.45, 7) is 11.3. The summed E-state index contributed by atoms with van der Waals surface area (Å²) in [5.41, 5.74) is -0.0648. The Kier molecular flexibility index (Phi) is 9.38. The Balaban J connectivity index is 0.00000338. The molecule has 0 atom stereocenters. The minimum Gasteiger partial charge on any atom is -0.443 e. The van der Waals surface area contributed by atoms with Gasteiger partial charge in [0.05, 0.1) is 12.7 Å². The quantitative estimate of drug-likeness (QED) is 0.387. The van der Waals surface area contributed by atoms with Gasteiger partial charge in [0.2, 0.25) is 11.8 Å². The third kappa shape index (κ3) is 7.13. The van der Waals surface area contributed by atoms with Gasteiger partial charge in [0, 0.05) is 25.0 Å². The predicted molar refractivity (Wildman–Crippen MR) is 114 cm³/mol. The Bertz CT molecular complexity index is 589. The zero-order valence-electron chi connectivity index (χ0n) is 16.3. The Morgan fingerprint density at radius 3 is 2.54 bits per heavy atom. The molecule has 2 heterocycles. The largest absolute Gasteiger partial charge is 0.443 e. The number of carbonyl (C=O) groups is 1. The maximum Gasteiger partial charge on any atom is 0.244 e. The molecule has 1 saturated heterocycles. The van der Waals surface area contributed by atoms with Gasteiger partial charge in [0.1, 0.15) is 12.3 Å². The number of carbonyl (C=O) groups excluding carboxylic acids is 1. The first-order chi connectivity index (χ1) is 11.9. The SMILES string of the molecule is CCNC(=NCC(=O)N1CCCCC1)NCc1ncc(C(C)(C)C)o1.I. The minimum atomic E-state index is -0.0648. The molecule has 1 aliphatic rings. The first-order valence-corrected chi connectivity index (χ1v) is 9.15. The van der Waals surface area contributed by atoms with Crippen LogP contribution in [0.3, 0.4) is 0 Å². The van der Waals surface area contributed by atoms with Crippen LogP contribution in [-0.2, 0) is 16.8 Å². The number of piperidine rings is 1. The second kappa shape index (κ2) is 10.7. The Hall–Kier alpha value is -1.32. The fourth-order valence-corrected chi connectivity index (χ4v) is 2.63. The third-order valence-corrected chi connectivity index (χ3v) is 4.13. The molecule has 1 fully saturated rings. The summed E-state index contributed by atoms with van der Waals surface area (Å²) in [7, 11) is 0. The molecular formula is C18H32IN5O2.